The van der Waals surface area contributed by atoms with E-state index in [-0.39, 0.29) is 18.7 Å². The maximum Gasteiger partial charge on any atom is 0.303 e. The Hall–Kier alpha value is -1.18. The third-order valence-corrected chi connectivity index (χ3v) is 2.08. The van der Waals surface area contributed by atoms with Crippen molar-refractivity contribution in [3.8, 4) is 0 Å². The van der Waals surface area contributed by atoms with E-state index in [0.29, 0.717) is 46.2 Å². The molecule has 7 heteroatoms. The van der Waals surface area contributed by atoms with Crippen LogP contribution in [0.15, 0.2) is 0 Å². The Labute approximate surface area is 113 Å². The minimum absolute atomic E-state index is 0.00409. The lowest BCUT2D eigenvalue weighted by molar-refractivity contribution is -0.138. The van der Waals surface area contributed by atoms with Crippen LogP contribution in [-0.2, 0) is 23.8 Å². The molecule has 0 fully saturated rings. The summed E-state index contributed by atoms with van der Waals surface area (Å²) in [5, 5.41) is 10.9. The van der Waals surface area contributed by atoms with Gasteiger partial charge in [0.1, 0.15) is 0 Å². The van der Waals surface area contributed by atoms with Crippen LogP contribution in [0.1, 0.15) is 19.8 Å². The van der Waals surface area contributed by atoms with Crippen molar-refractivity contribution in [2.24, 2.45) is 0 Å². The summed E-state index contributed by atoms with van der Waals surface area (Å²) in [4.78, 5) is 21.3. The molecule has 0 aliphatic carbocycles. The number of nitrogens with one attached hydrogen (secondary N) is 1. The minimum Gasteiger partial charge on any atom is -0.481 e. The van der Waals surface area contributed by atoms with E-state index in [1.165, 1.54) is 0 Å². The highest BCUT2D eigenvalue weighted by Crippen LogP contribution is 1.88. The normalized spacial score (nSPS) is 10.4. The maximum absolute atomic E-state index is 11.1. The number of carbonyl (C=O) groups is 2. The number of hydrogen-bond acceptors (Lipinski definition) is 5. The first-order valence-corrected chi connectivity index (χ1v) is 6.38. The first-order chi connectivity index (χ1) is 9.16. The van der Waals surface area contributed by atoms with Crippen LogP contribution >= 0.6 is 0 Å². The summed E-state index contributed by atoms with van der Waals surface area (Å²) in [6, 6.07) is 0. The number of ether oxygens (including phenoxy) is 3. The summed E-state index contributed by atoms with van der Waals surface area (Å²) in [7, 11) is 0. The van der Waals surface area contributed by atoms with Crippen molar-refractivity contribution < 1.29 is 28.9 Å². The molecular formula is C12H23NO6. The first kappa shape index (κ1) is 17.8. The molecule has 0 spiro atoms. The van der Waals surface area contributed by atoms with Crippen molar-refractivity contribution in [1.82, 2.24) is 5.32 Å². The van der Waals surface area contributed by atoms with Crippen molar-refractivity contribution in [1.29, 1.82) is 0 Å². The van der Waals surface area contributed by atoms with E-state index in [4.69, 9.17) is 19.3 Å². The van der Waals surface area contributed by atoms with Crippen molar-refractivity contribution in [3.63, 3.8) is 0 Å². The summed E-state index contributed by atoms with van der Waals surface area (Å²) in [6.45, 7) is 5.43. The van der Waals surface area contributed by atoms with E-state index in [0.717, 1.165) is 0 Å². The molecule has 19 heavy (non-hydrogen) atoms. The minimum atomic E-state index is -0.976. The Kier molecular flexibility index (Phi) is 12.4. The van der Waals surface area contributed by atoms with E-state index >= 15 is 0 Å². The van der Waals surface area contributed by atoms with E-state index in [1.807, 2.05) is 6.92 Å². The molecule has 0 heterocycles. The van der Waals surface area contributed by atoms with Gasteiger partial charge in [-0.2, -0.15) is 0 Å². The lowest BCUT2D eigenvalue weighted by Gasteiger charge is -2.07. The Bertz CT molecular complexity index is 246. The van der Waals surface area contributed by atoms with Crippen LogP contribution in [0.5, 0.6) is 0 Å². The fourth-order valence-electron chi connectivity index (χ4n) is 1.16. The van der Waals surface area contributed by atoms with Crippen molar-refractivity contribution in [2.45, 2.75) is 19.8 Å². The topological polar surface area (TPSA) is 94.1 Å². The molecule has 0 aromatic rings. The van der Waals surface area contributed by atoms with Crippen LogP contribution in [0.25, 0.3) is 0 Å². The second-order valence-electron chi connectivity index (χ2n) is 3.67. The molecule has 0 bridgehead atoms. The highest BCUT2D eigenvalue weighted by atomic mass is 16.5. The fourth-order valence-corrected chi connectivity index (χ4v) is 1.16. The van der Waals surface area contributed by atoms with Crippen molar-refractivity contribution >= 4 is 11.9 Å². The molecule has 2 N–H and O–H groups in total. The number of rotatable bonds is 13. The monoisotopic (exact) mass is 277 g/mol. The maximum atomic E-state index is 11.1. The lowest BCUT2D eigenvalue weighted by atomic mass is 10.3. The van der Waals surface area contributed by atoms with Crippen LogP contribution in [0.3, 0.4) is 0 Å². The van der Waals surface area contributed by atoms with Crippen LogP contribution in [0, 0.1) is 0 Å². The number of aliphatic carboxylic acids is 1. The van der Waals surface area contributed by atoms with Crippen LogP contribution in [-0.4, -0.2) is 63.2 Å². The average molecular weight is 277 g/mol. The van der Waals surface area contributed by atoms with Gasteiger partial charge < -0.3 is 24.6 Å². The van der Waals surface area contributed by atoms with Crippen LogP contribution < -0.4 is 5.32 Å². The Morgan fingerprint density at radius 3 is 2.11 bits per heavy atom. The molecule has 0 aromatic heterocycles. The van der Waals surface area contributed by atoms with Crippen molar-refractivity contribution in [3.05, 3.63) is 0 Å². The molecule has 0 rings (SSSR count). The predicted octanol–water partition coefficient (Wildman–Crippen LogP) is 0.0371. The summed E-state index contributed by atoms with van der Waals surface area (Å²) < 4.78 is 15.5. The third kappa shape index (κ3) is 14.8. The smallest absolute Gasteiger partial charge is 0.303 e. The standard InChI is InChI=1S/C12H23NO6/c1-2-17-7-8-19-10-9-18-6-5-13-11(14)3-4-12(15)16/h2-10H2,1H3,(H,13,14)(H,15,16). The molecule has 0 atom stereocenters. The number of hydrogen-bond donors (Lipinski definition) is 2. The van der Waals surface area contributed by atoms with Gasteiger partial charge in [0.05, 0.1) is 39.5 Å². The zero-order chi connectivity index (χ0) is 14.3. The fraction of sp³-hybridized carbons (Fsp3) is 0.833. The molecular weight excluding hydrogens is 254 g/mol. The number of carbonyl (C=O) groups excluding carboxylic acids is 1. The molecule has 0 saturated carbocycles. The van der Waals surface area contributed by atoms with E-state index < -0.39 is 5.97 Å². The third-order valence-electron chi connectivity index (χ3n) is 2.08. The summed E-state index contributed by atoms with van der Waals surface area (Å²) in [5.41, 5.74) is 0. The van der Waals surface area contributed by atoms with Gasteiger partial charge in [0.2, 0.25) is 5.91 Å². The van der Waals surface area contributed by atoms with Gasteiger partial charge in [-0.25, -0.2) is 0 Å². The quantitative estimate of drug-likeness (QED) is 0.462. The summed E-state index contributed by atoms with van der Waals surface area (Å²) >= 11 is 0. The molecule has 0 radical (unpaired) electrons. The van der Waals surface area contributed by atoms with Crippen LogP contribution in [0.4, 0.5) is 0 Å². The predicted molar refractivity (Wildman–Crippen MR) is 68.0 cm³/mol. The SMILES string of the molecule is CCOCCOCCOCCNC(=O)CCC(=O)O. The molecule has 0 unspecified atom stereocenters. The zero-order valence-electron chi connectivity index (χ0n) is 11.4. The van der Waals surface area contributed by atoms with Gasteiger partial charge >= 0.3 is 5.97 Å². The molecule has 1 amide bonds. The van der Waals surface area contributed by atoms with E-state index in [9.17, 15) is 9.59 Å². The Morgan fingerprint density at radius 1 is 0.947 bits per heavy atom. The molecule has 0 aromatic carbocycles. The highest BCUT2D eigenvalue weighted by molar-refractivity contribution is 5.80. The molecule has 0 saturated heterocycles. The van der Waals surface area contributed by atoms with Gasteiger partial charge in [0.15, 0.2) is 0 Å². The molecule has 0 aliphatic rings. The largest absolute Gasteiger partial charge is 0.481 e. The molecule has 0 aliphatic heterocycles. The second-order valence-corrected chi connectivity index (χ2v) is 3.67. The summed E-state index contributed by atoms with van der Waals surface area (Å²) in [5.74, 6) is -1.26. The Morgan fingerprint density at radius 2 is 1.53 bits per heavy atom. The van der Waals surface area contributed by atoms with E-state index in [2.05, 4.69) is 5.32 Å². The van der Waals surface area contributed by atoms with Gasteiger partial charge in [0.25, 0.3) is 0 Å². The van der Waals surface area contributed by atoms with E-state index in [1.54, 1.807) is 0 Å². The zero-order valence-corrected chi connectivity index (χ0v) is 11.4. The Balaban J connectivity index is 3.13. The van der Waals surface area contributed by atoms with Gasteiger partial charge in [0, 0.05) is 19.6 Å². The van der Waals surface area contributed by atoms with Gasteiger partial charge in [-0.15, -0.1) is 0 Å². The first-order valence-electron chi connectivity index (χ1n) is 6.38. The second kappa shape index (κ2) is 13.3. The number of amides is 1. The van der Waals surface area contributed by atoms with Gasteiger partial charge in [-0.3, -0.25) is 9.59 Å². The average Bonchev–Trinajstić information content (AvgIpc) is 2.38. The van der Waals surface area contributed by atoms with Gasteiger partial charge in [-0.05, 0) is 6.92 Å². The van der Waals surface area contributed by atoms with Crippen molar-refractivity contribution in [2.75, 3.05) is 46.2 Å². The molecule has 7 nitrogen and oxygen atoms in total. The number of carboxylic acid groups (broad SMARTS) is 1. The summed E-state index contributed by atoms with van der Waals surface area (Å²) in [6.07, 6.45) is -0.157. The number of carboxylic acids is 1. The van der Waals surface area contributed by atoms with Gasteiger partial charge in [-0.1, -0.05) is 0 Å². The molecule has 112 valence electrons. The highest BCUT2D eigenvalue weighted by Gasteiger charge is 2.03. The van der Waals surface area contributed by atoms with Crippen LogP contribution in [0.2, 0.25) is 0 Å². The lowest BCUT2D eigenvalue weighted by Crippen LogP contribution is -2.27.